The smallest absolute Gasteiger partial charge is 0.332 e. The van der Waals surface area contributed by atoms with Crippen LogP contribution < -0.4 is 9.47 Å². The van der Waals surface area contributed by atoms with Crippen LogP contribution in [0.25, 0.3) is 5.57 Å². The van der Waals surface area contributed by atoms with Gasteiger partial charge in [-0.3, -0.25) is 0 Å². The lowest BCUT2D eigenvalue weighted by Crippen LogP contribution is -2.03. The zero-order chi connectivity index (χ0) is 15.7. The molecule has 0 unspecified atom stereocenters. The van der Waals surface area contributed by atoms with E-state index in [0.29, 0.717) is 23.7 Å². The highest BCUT2D eigenvalue weighted by Crippen LogP contribution is 2.30. The number of methoxy groups -OCH3 is 2. The van der Waals surface area contributed by atoms with E-state index in [1.165, 1.54) is 20.3 Å². The number of esters is 1. The monoisotopic (exact) mass is 289 g/mol. The highest BCUT2D eigenvalue weighted by atomic mass is 16.5. The van der Waals surface area contributed by atoms with Crippen molar-refractivity contribution < 1.29 is 19.0 Å². The van der Waals surface area contributed by atoms with Gasteiger partial charge in [-0.05, 0) is 30.2 Å². The van der Waals surface area contributed by atoms with Gasteiger partial charge >= 0.3 is 5.97 Å². The average molecular weight is 289 g/mol. The van der Waals surface area contributed by atoms with E-state index in [1.807, 2.05) is 13.0 Å². The number of unbranched alkanes of at least 4 members (excludes halogenated alkanes) is 1. The standard InChI is InChI=1S/C16H19NO4/c1-4-5-8-21-16(18)10-13(11-17)12-6-7-14(19-2)15(9-12)20-3/h6-7,9-10H,4-5,8H2,1-3H3. The van der Waals surface area contributed by atoms with Crippen LogP contribution in [0.4, 0.5) is 0 Å². The molecule has 0 atom stereocenters. The fraction of sp³-hybridized carbons (Fsp3) is 0.375. The van der Waals surface area contributed by atoms with Crippen molar-refractivity contribution in [1.29, 1.82) is 5.26 Å². The van der Waals surface area contributed by atoms with Crippen molar-refractivity contribution in [2.75, 3.05) is 20.8 Å². The summed E-state index contributed by atoms with van der Waals surface area (Å²) in [4.78, 5) is 11.6. The first kappa shape index (κ1) is 16.6. The van der Waals surface area contributed by atoms with Gasteiger partial charge in [-0.1, -0.05) is 13.3 Å². The average Bonchev–Trinajstić information content (AvgIpc) is 2.52. The fourth-order valence-corrected chi connectivity index (χ4v) is 1.66. The molecule has 0 N–H and O–H groups in total. The first-order valence-corrected chi connectivity index (χ1v) is 6.67. The number of allylic oxidation sites excluding steroid dienone is 1. The van der Waals surface area contributed by atoms with Gasteiger partial charge in [0.25, 0.3) is 0 Å². The molecule has 0 saturated heterocycles. The van der Waals surface area contributed by atoms with Crippen molar-refractivity contribution in [2.45, 2.75) is 19.8 Å². The maximum absolute atomic E-state index is 11.6. The van der Waals surface area contributed by atoms with Crippen LogP contribution in [0.3, 0.4) is 0 Å². The largest absolute Gasteiger partial charge is 0.493 e. The molecule has 0 aliphatic rings. The highest BCUT2D eigenvalue weighted by molar-refractivity contribution is 5.95. The number of nitrogens with zero attached hydrogens (tertiary/aromatic N) is 1. The van der Waals surface area contributed by atoms with Crippen molar-refractivity contribution in [1.82, 2.24) is 0 Å². The van der Waals surface area contributed by atoms with Gasteiger partial charge in [0, 0.05) is 6.08 Å². The second kappa shape index (κ2) is 8.64. The highest BCUT2D eigenvalue weighted by Gasteiger charge is 2.10. The van der Waals surface area contributed by atoms with Crippen molar-refractivity contribution in [2.24, 2.45) is 0 Å². The van der Waals surface area contributed by atoms with Crippen LogP contribution in [0.5, 0.6) is 11.5 Å². The summed E-state index contributed by atoms with van der Waals surface area (Å²) in [5.41, 5.74) is 0.792. The summed E-state index contributed by atoms with van der Waals surface area (Å²) in [6.45, 7) is 2.37. The van der Waals surface area contributed by atoms with Gasteiger partial charge in [-0.25, -0.2) is 4.79 Å². The molecular weight excluding hydrogens is 270 g/mol. The van der Waals surface area contributed by atoms with Gasteiger partial charge in [0.1, 0.15) is 6.07 Å². The van der Waals surface area contributed by atoms with Gasteiger partial charge in [0.15, 0.2) is 11.5 Å². The molecule has 0 saturated carbocycles. The number of rotatable bonds is 7. The predicted molar refractivity (Wildman–Crippen MR) is 79.0 cm³/mol. The van der Waals surface area contributed by atoms with Gasteiger partial charge in [0.05, 0.1) is 26.4 Å². The van der Waals surface area contributed by atoms with Crippen molar-refractivity contribution in [3.05, 3.63) is 29.8 Å². The molecule has 21 heavy (non-hydrogen) atoms. The molecule has 0 amide bonds. The third kappa shape index (κ3) is 4.84. The zero-order valence-corrected chi connectivity index (χ0v) is 12.5. The molecule has 0 aromatic heterocycles. The molecule has 0 fully saturated rings. The molecule has 0 spiro atoms. The van der Waals surface area contributed by atoms with E-state index in [-0.39, 0.29) is 5.57 Å². The minimum atomic E-state index is -0.519. The Morgan fingerprint density at radius 1 is 1.29 bits per heavy atom. The Morgan fingerprint density at radius 3 is 2.57 bits per heavy atom. The number of nitriles is 1. The molecular formula is C16H19NO4. The number of carbonyl (C=O) groups is 1. The molecule has 5 heteroatoms. The molecule has 1 rings (SSSR count). The number of benzene rings is 1. The minimum Gasteiger partial charge on any atom is -0.493 e. The molecule has 0 aliphatic carbocycles. The summed E-state index contributed by atoms with van der Waals surface area (Å²) in [5, 5.41) is 9.19. The minimum absolute atomic E-state index is 0.220. The third-order valence-corrected chi connectivity index (χ3v) is 2.82. The Kier molecular flexibility index (Phi) is 6.82. The lowest BCUT2D eigenvalue weighted by Gasteiger charge is -2.09. The number of carbonyl (C=O) groups excluding carboxylic acids is 1. The zero-order valence-electron chi connectivity index (χ0n) is 12.5. The summed E-state index contributed by atoms with van der Waals surface area (Å²) in [6.07, 6.45) is 2.94. The SMILES string of the molecule is CCCCOC(=O)C=C(C#N)c1ccc(OC)c(OC)c1. The first-order valence-electron chi connectivity index (χ1n) is 6.67. The summed E-state index contributed by atoms with van der Waals surface area (Å²) < 4.78 is 15.3. The first-order chi connectivity index (χ1) is 10.2. The molecule has 1 aromatic rings. The Labute approximate surface area is 124 Å². The molecule has 0 aliphatic heterocycles. The predicted octanol–water partition coefficient (Wildman–Crippen LogP) is 2.95. The number of hydrogen-bond acceptors (Lipinski definition) is 5. The van der Waals surface area contributed by atoms with Crippen molar-refractivity contribution in [3.8, 4) is 17.6 Å². The molecule has 112 valence electrons. The normalized spacial score (nSPS) is 10.7. The Balaban J connectivity index is 2.94. The van der Waals surface area contributed by atoms with Gasteiger partial charge in [-0.15, -0.1) is 0 Å². The molecule has 0 radical (unpaired) electrons. The van der Waals surface area contributed by atoms with Crippen LogP contribution in [0.15, 0.2) is 24.3 Å². The van der Waals surface area contributed by atoms with E-state index in [0.717, 1.165) is 12.8 Å². The van der Waals surface area contributed by atoms with Gasteiger partial charge in [-0.2, -0.15) is 5.26 Å². The van der Waals surface area contributed by atoms with Crippen molar-refractivity contribution in [3.63, 3.8) is 0 Å². The van der Waals surface area contributed by atoms with Gasteiger partial charge in [0.2, 0.25) is 0 Å². The molecule has 0 bridgehead atoms. The lowest BCUT2D eigenvalue weighted by atomic mass is 10.1. The summed E-state index contributed by atoms with van der Waals surface area (Å²) >= 11 is 0. The Hall–Kier alpha value is -2.48. The topological polar surface area (TPSA) is 68.6 Å². The Morgan fingerprint density at radius 2 is 2.00 bits per heavy atom. The van der Waals surface area contributed by atoms with E-state index >= 15 is 0 Å². The summed E-state index contributed by atoms with van der Waals surface area (Å²) in [5.74, 6) is 0.536. The maximum atomic E-state index is 11.6. The summed E-state index contributed by atoms with van der Waals surface area (Å²) in [7, 11) is 3.04. The Bertz CT molecular complexity index is 558. The van der Waals surface area contributed by atoms with Crippen LogP contribution in [-0.4, -0.2) is 26.8 Å². The van der Waals surface area contributed by atoms with Crippen LogP contribution in [0.2, 0.25) is 0 Å². The van der Waals surface area contributed by atoms with E-state index in [4.69, 9.17) is 14.2 Å². The van der Waals surface area contributed by atoms with E-state index in [2.05, 4.69) is 0 Å². The third-order valence-electron chi connectivity index (χ3n) is 2.82. The van der Waals surface area contributed by atoms with Crippen LogP contribution in [0.1, 0.15) is 25.3 Å². The van der Waals surface area contributed by atoms with Crippen LogP contribution >= 0.6 is 0 Å². The van der Waals surface area contributed by atoms with Crippen LogP contribution in [0, 0.1) is 11.3 Å². The second-order valence-corrected chi connectivity index (χ2v) is 4.26. The van der Waals surface area contributed by atoms with E-state index in [9.17, 15) is 10.1 Å². The number of ether oxygens (including phenoxy) is 3. The van der Waals surface area contributed by atoms with E-state index < -0.39 is 5.97 Å². The van der Waals surface area contributed by atoms with Crippen molar-refractivity contribution >= 4 is 11.5 Å². The molecule has 5 nitrogen and oxygen atoms in total. The summed E-state index contributed by atoms with van der Waals surface area (Å²) in [6, 6.07) is 7.01. The molecule has 0 heterocycles. The quantitative estimate of drug-likeness (QED) is 0.334. The van der Waals surface area contributed by atoms with E-state index in [1.54, 1.807) is 18.2 Å². The second-order valence-electron chi connectivity index (χ2n) is 4.26. The molecule has 1 aromatic carbocycles. The van der Waals surface area contributed by atoms with Crippen LogP contribution in [-0.2, 0) is 9.53 Å². The fourth-order valence-electron chi connectivity index (χ4n) is 1.66. The van der Waals surface area contributed by atoms with Gasteiger partial charge < -0.3 is 14.2 Å². The maximum Gasteiger partial charge on any atom is 0.332 e. The lowest BCUT2D eigenvalue weighted by molar-refractivity contribution is -0.137. The number of hydrogen-bond donors (Lipinski definition) is 0.